The van der Waals surface area contributed by atoms with Crippen LogP contribution in [-0.4, -0.2) is 45.9 Å². The first-order valence-electron chi connectivity index (χ1n) is 9.24. The molecule has 0 radical (unpaired) electrons. The summed E-state index contributed by atoms with van der Waals surface area (Å²) in [4.78, 5) is 37.8. The van der Waals surface area contributed by atoms with Gasteiger partial charge in [0.1, 0.15) is 11.8 Å². The van der Waals surface area contributed by atoms with Crippen LogP contribution in [0.4, 0.5) is 0 Å². The van der Waals surface area contributed by atoms with Crippen molar-refractivity contribution in [3.63, 3.8) is 0 Å². The Morgan fingerprint density at radius 2 is 2.18 bits per heavy atom. The first-order chi connectivity index (χ1) is 13.3. The topological polar surface area (TPSA) is 87.7 Å². The van der Waals surface area contributed by atoms with E-state index >= 15 is 0 Å². The fraction of sp³-hybridized carbons (Fsp3) is 0.526. The molecular formula is C19H24ClN3O4S. The number of nitrogens with zero attached hydrogens (tertiary/aromatic N) is 1. The van der Waals surface area contributed by atoms with Crippen molar-refractivity contribution in [2.24, 2.45) is 0 Å². The third kappa shape index (κ3) is 4.55. The van der Waals surface area contributed by atoms with E-state index in [-0.39, 0.29) is 29.0 Å². The number of nitrogens with one attached hydrogen (secondary N) is 2. The molecule has 2 fully saturated rings. The van der Waals surface area contributed by atoms with Gasteiger partial charge in [-0.15, -0.1) is 11.8 Å². The molecular weight excluding hydrogens is 402 g/mol. The molecule has 0 aliphatic carbocycles. The summed E-state index contributed by atoms with van der Waals surface area (Å²) >= 11 is 7.52. The Kier molecular flexibility index (Phi) is 6.40. The predicted octanol–water partition coefficient (Wildman–Crippen LogP) is 2.41. The van der Waals surface area contributed by atoms with Gasteiger partial charge in [-0.3, -0.25) is 25.2 Å². The number of halogens is 1. The van der Waals surface area contributed by atoms with Crippen molar-refractivity contribution in [2.45, 2.75) is 50.4 Å². The number of aryl methyl sites for hydroxylation is 1. The Bertz CT molecular complexity index is 790. The van der Waals surface area contributed by atoms with Gasteiger partial charge in [-0.05, 0) is 50.5 Å². The third-order valence-electron chi connectivity index (χ3n) is 5.02. The third-order valence-corrected chi connectivity index (χ3v) is 6.76. The number of hydrogen-bond acceptors (Lipinski definition) is 5. The lowest BCUT2D eigenvalue weighted by Crippen LogP contribution is -2.54. The normalized spacial score (nSPS) is 23.5. The Labute approximate surface area is 173 Å². The Morgan fingerprint density at radius 3 is 2.93 bits per heavy atom. The molecule has 3 amide bonds. The number of benzene rings is 1. The zero-order valence-electron chi connectivity index (χ0n) is 15.9. The van der Waals surface area contributed by atoms with E-state index < -0.39 is 6.04 Å². The second-order valence-corrected chi connectivity index (χ2v) is 9.10. The van der Waals surface area contributed by atoms with E-state index in [4.69, 9.17) is 16.3 Å². The minimum atomic E-state index is -0.540. The first kappa shape index (κ1) is 20.8. The number of amides is 3. The van der Waals surface area contributed by atoms with Crippen molar-refractivity contribution in [3.05, 3.63) is 28.8 Å². The quantitative estimate of drug-likeness (QED) is 0.539. The molecule has 152 valence electrons. The molecule has 2 aliphatic rings. The van der Waals surface area contributed by atoms with Crippen molar-refractivity contribution in [3.8, 4) is 5.75 Å². The molecule has 2 heterocycles. The molecule has 3 rings (SSSR count). The molecule has 9 heteroatoms. The van der Waals surface area contributed by atoms with Crippen LogP contribution in [0.5, 0.6) is 5.75 Å². The largest absolute Gasteiger partial charge is 0.493 e. The van der Waals surface area contributed by atoms with Gasteiger partial charge in [-0.2, -0.15) is 0 Å². The molecule has 1 aromatic rings. The van der Waals surface area contributed by atoms with Gasteiger partial charge in [0.2, 0.25) is 11.8 Å². The molecule has 0 aromatic heterocycles. The summed E-state index contributed by atoms with van der Waals surface area (Å²) in [5.41, 5.74) is 5.81. The average molecular weight is 426 g/mol. The highest BCUT2D eigenvalue weighted by atomic mass is 35.5. The van der Waals surface area contributed by atoms with E-state index in [1.807, 2.05) is 19.9 Å². The molecule has 1 aromatic carbocycles. The molecule has 0 saturated carbocycles. The monoisotopic (exact) mass is 425 g/mol. The van der Waals surface area contributed by atoms with Gasteiger partial charge < -0.3 is 9.64 Å². The van der Waals surface area contributed by atoms with Crippen LogP contribution in [0.15, 0.2) is 18.2 Å². The molecule has 2 saturated heterocycles. The Hall–Kier alpha value is -1.93. The minimum absolute atomic E-state index is 0.00591. The number of fused-ring (bicyclic) bond motifs is 1. The molecule has 2 aliphatic heterocycles. The van der Waals surface area contributed by atoms with Crippen LogP contribution in [-0.2, 0) is 14.4 Å². The SMILES string of the molecule is Cc1cc(Cl)ccc1OCCCC(=O)NNC(=O)[C@H]1CS[C@]2(C)CCC(=O)N12. The Balaban J connectivity index is 1.37. The highest BCUT2D eigenvalue weighted by Gasteiger charge is 2.52. The van der Waals surface area contributed by atoms with Crippen LogP contribution in [0.3, 0.4) is 0 Å². The maximum atomic E-state index is 12.4. The summed E-state index contributed by atoms with van der Waals surface area (Å²) < 4.78 is 5.65. The van der Waals surface area contributed by atoms with Gasteiger partial charge >= 0.3 is 0 Å². The Morgan fingerprint density at radius 1 is 1.39 bits per heavy atom. The molecule has 0 spiro atoms. The van der Waals surface area contributed by atoms with E-state index in [1.165, 1.54) is 0 Å². The highest BCUT2D eigenvalue weighted by Crippen LogP contribution is 2.47. The molecule has 0 unspecified atom stereocenters. The lowest BCUT2D eigenvalue weighted by atomic mass is 10.2. The van der Waals surface area contributed by atoms with Gasteiger partial charge in [0, 0.05) is 23.6 Å². The zero-order valence-corrected chi connectivity index (χ0v) is 17.5. The number of carbonyl (C=O) groups is 3. The maximum absolute atomic E-state index is 12.4. The number of hydrazine groups is 1. The van der Waals surface area contributed by atoms with Gasteiger partial charge in [0.25, 0.3) is 5.91 Å². The molecule has 0 bridgehead atoms. The summed E-state index contributed by atoms with van der Waals surface area (Å²) in [7, 11) is 0. The van der Waals surface area contributed by atoms with Gasteiger partial charge in [-0.25, -0.2) is 0 Å². The second kappa shape index (κ2) is 8.61. The summed E-state index contributed by atoms with van der Waals surface area (Å²) in [6, 6.07) is 4.83. The summed E-state index contributed by atoms with van der Waals surface area (Å²) in [5, 5.41) is 0.650. The van der Waals surface area contributed by atoms with Crippen molar-refractivity contribution < 1.29 is 19.1 Å². The van der Waals surface area contributed by atoms with Crippen LogP contribution in [0, 0.1) is 6.92 Å². The van der Waals surface area contributed by atoms with Crippen molar-refractivity contribution in [2.75, 3.05) is 12.4 Å². The summed E-state index contributed by atoms with van der Waals surface area (Å²) in [6.45, 7) is 4.27. The number of hydrogen-bond donors (Lipinski definition) is 2. The van der Waals surface area contributed by atoms with E-state index in [2.05, 4.69) is 10.9 Å². The smallest absolute Gasteiger partial charge is 0.262 e. The van der Waals surface area contributed by atoms with Crippen LogP contribution in [0.25, 0.3) is 0 Å². The number of rotatable bonds is 6. The molecule has 2 N–H and O–H groups in total. The molecule has 28 heavy (non-hydrogen) atoms. The van der Waals surface area contributed by atoms with Crippen molar-refractivity contribution in [1.82, 2.24) is 15.8 Å². The van der Waals surface area contributed by atoms with E-state index in [1.54, 1.807) is 28.8 Å². The minimum Gasteiger partial charge on any atom is -0.493 e. The van der Waals surface area contributed by atoms with Gasteiger partial charge in [0.15, 0.2) is 0 Å². The van der Waals surface area contributed by atoms with Crippen molar-refractivity contribution in [1.29, 1.82) is 0 Å². The van der Waals surface area contributed by atoms with E-state index in [0.717, 1.165) is 17.7 Å². The highest BCUT2D eigenvalue weighted by molar-refractivity contribution is 8.01. The number of ether oxygens (including phenoxy) is 1. The maximum Gasteiger partial charge on any atom is 0.262 e. The predicted molar refractivity (Wildman–Crippen MR) is 108 cm³/mol. The van der Waals surface area contributed by atoms with Crippen LogP contribution in [0.1, 0.15) is 38.2 Å². The van der Waals surface area contributed by atoms with Crippen LogP contribution < -0.4 is 15.6 Å². The summed E-state index contributed by atoms with van der Waals surface area (Å²) in [6.07, 6.45) is 1.94. The van der Waals surface area contributed by atoms with E-state index in [0.29, 0.717) is 30.2 Å². The number of carbonyl (C=O) groups excluding carboxylic acids is 3. The molecule has 7 nitrogen and oxygen atoms in total. The van der Waals surface area contributed by atoms with Gasteiger partial charge in [-0.1, -0.05) is 11.6 Å². The summed E-state index contributed by atoms with van der Waals surface area (Å²) in [5.74, 6) is 0.612. The standard InChI is InChI=1S/C19H24ClN3O4S/c1-12-10-13(20)5-6-15(12)27-9-3-4-16(24)21-22-18(26)14-11-28-19(2)8-7-17(25)23(14)19/h5-6,10,14H,3-4,7-9,11H2,1-2H3,(H,21,24)(H,22,26)/t14-,19-/m1/s1. The first-order valence-corrected chi connectivity index (χ1v) is 10.6. The number of thioether (sulfide) groups is 1. The zero-order chi connectivity index (χ0) is 20.3. The van der Waals surface area contributed by atoms with Gasteiger partial charge in [0.05, 0.1) is 11.5 Å². The van der Waals surface area contributed by atoms with Crippen LogP contribution >= 0.6 is 23.4 Å². The fourth-order valence-corrected chi connectivity index (χ4v) is 5.14. The van der Waals surface area contributed by atoms with E-state index in [9.17, 15) is 14.4 Å². The van der Waals surface area contributed by atoms with Crippen molar-refractivity contribution >= 4 is 41.1 Å². The second-order valence-electron chi connectivity index (χ2n) is 7.16. The van der Waals surface area contributed by atoms with Crippen LogP contribution in [0.2, 0.25) is 5.02 Å². The lowest BCUT2D eigenvalue weighted by Gasteiger charge is -2.29. The fourth-order valence-electron chi connectivity index (χ4n) is 3.48. The average Bonchev–Trinajstić information content (AvgIpc) is 3.14. The molecule has 2 atom stereocenters. The lowest BCUT2D eigenvalue weighted by molar-refractivity contribution is -0.139.